The lowest BCUT2D eigenvalue weighted by Gasteiger charge is -2.16. The third-order valence-corrected chi connectivity index (χ3v) is 4.28. The van der Waals surface area contributed by atoms with E-state index in [1.807, 2.05) is 0 Å². The summed E-state index contributed by atoms with van der Waals surface area (Å²) in [6, 6.07) is 9.36. The molecule has 0 aromatic heterocycles. The Balaban J connectivity index is 1.41. The Hall–Kier alpha value is -0.860. The van der Waals surface area contributed by atoms with Crippen LogP contribution in [0.4, 0.5) is 0 Å². The second-order valence-electron chi connectivity index (χ2n) is 5.52. The SMILES string of the molecule is c1ccc2c(c1)CCC2NCCOC1CCCC1. The van der Waals surface area contributed by atoms with Gasteiger partial charge in [0.2, 0.25) is 0 Å². The second kappa shape index (κ2) is 5.85. The minimum absolute atomic E-state index is 0.544. The van der Waals surface area contributed by atoms with Crippen LogP contribution < -0.4 is 5.32 Å². The van der Waals surface area contributed by atoms with Gasteiger partial charge in [0.25, 0.3) is 0 Å². The zero-order chi connectivity index (χ0) is 12.2. The van der Waals surface area contributed by atoms with E-state index in [0.717, 1.165) is 13.2 Å². The van der Waals surface area contributed by atoms with Crippen LogP contribution in [0, 0.1) is 0 Å². The highest BCUT2D eigenvalue weighted by Crippen LogP contribution is 2.30. The monoisotopic (exact) mass is 245 g/mol. The Morgan fingerprint density at radius 2 is 1.94 bits per heavy atom. The maximum absolute atomic E-state index is 5.89. The van der Waals surface area contributed by atoms with Gasteiger partial charge in [0.15, 0.2) is 0 Å². The van der Waals surface area contributed by atoms with Crippen LogP contribution in [-0.4, -0.2) is 19.3 Å². The first kappa shape index (κ1) is 12.2. The summed E-state index contributed by atoms with van der Waals surface area (Å²) in [6.45, 7) is 1.85. The smallest absolute Gasteiger partial charge is 0.0594 e. The molecule has 2 aliphatic rings. The highest BCUT2D eigenvalue weighted by Gasteiger charge is 2.21. The molecule has 0 amide bonds. The van der Waals surface area contributed by atoms with E-state index in [-0.39, 0.29) is 0 Å². The summed E-state index contributed by atoms with van der Waals surface area (Å²) in [6.07, 6.45) is 8.25. The van der Waals surface area contributed by atoms with Crippen molar-refractivity contribution in [3.8, 4) is 0 Å². The van der Waals surface area contributed by atoms with E-state index in [4.69, 9.17) is 4.74 Å². The van der Waals surface area contributed by atoms with Gasteiger partial charge < -0.3 is 10.1 Å². The molecule has 1 fully saturated rings. The molecule has 0 spiro atoms. The van der Waals surface area contributed by atoms with Gasteiger partial charge in [0.05, 0.1) is 12.7 Å². The lowest BCUT2D eigenvalue weighted by atomic mass is 10.1. The molecule has 1 N–H and O–H groups in total. The van der Waals surface area contributed by atoms with E-state index in [1.165, 1.54) is 49.7 Å². The number of nitrogens with one attached hydrogen (secondary N) is 1. The van der Waals surface area contributed by atoms with E-state index in [1.54, 1.807) is 0 Å². The predicted molar refractivity (Wildman–Crippen MR) is 73.7 cm³/mol. The highest BCUT2D eigenvalue weighted by molar-refractivity contribution is 5.34. The minimum atomic E-state index is 0.544. The van der Waals surface area contributed by atoms with Crippen LogP contribution in [0.3, 0.4) is 0 Å². The summed E-state index contributed by atoms with van der Waals surface area (Å²) in [5.41, 5.74) is 3.02. The maximum atomic E-state index is 5.89. The van der Waals surface area contributed by atoms with Crippen molar-refractivity contribution in [1.29, 1.82) is 0 Å². The maximum Gasteiger partial charge on any atom is 0.0594 e. The van der Waals surface area contributed by atoms with E-state index in [9.17, 15) is 0 Å². The molecule has 0 saturated heterocycles. The van der Waals surface area contributed by atoms with E-state index in [0.29, 0.717) is 12.1 Å². The first-order chi connectivity index (χ1) is 8.93. The fraction of sp³-hybridized carbons (Fsp3) is 0.625. The molecule has 3 rings (SSSR count). The number of hydrogen-bond donors (Lipinski definition) is 1. The molecule has 0 aliphatic heterocycles. The molecule has 2 heteroatoms. The van der Waals surface area contributed by atoms with Crippen LogP contribution in [0.2, 0.25) is 0 Å². The summed E-state index contributed by atoms with van der Waals surface area (Å²) < 4.78 is 5.89. The summed E-state index contributed by atoms with van der Waals surface area (Å²) >= 11 is 0. The van der Waals surface area contributed by atoms with E-state index >= 15 is 0 Å². The van der Waals surface area contributed by atoms with Gasteiger partial charge in [-0.05, 0) is 36.8 Å². The van der Waals surface area contributed by atoms with Gasteiger partial charge in [0, 0.05) is 12.6 Å². The first-order valence-corrected chi connectivity index (χ1v) is 7.36. The van der Waals surface area contributed by atoms with Crippen molar-refractivity contribution in [1.82, 2.24) is 5.32 Å². The topological polar surface area (TPSA) is 21.3 Å². The predicted octanol–water partition coefficient (Wildman–Crippen LogP) is 3.22. The lowest BCUT2D eigenvalue weighted by molar-refractivity contribution is 0.0591. The summed E-state index contributed by atoms with van der Waals surface area (Å²) in [4.78, 5) is 0. The van der Waals surface area contributed by atoms with Gasteiger partial charge in [-0.25, -0.2) is 0 Å². The van der Waals surface area contributed by atoms with Crippen molar-refractivity contribution in [3.63, 3.8) is 0 Å². The normalized spacial score (nSPS) is 23.4. The van der Waals surface area contributed by atoms with Crippen molar-refractivity contribution in [2.45, 2.75) is 50.7 Å². The van der Waals surface area contributed by atoms with Crippen molar-refractivity contribution < 1.29 is 4.74 Å². The number of ether oxygens (including phenoxy) is 1. The van der Waals surface area contributed by atoms with Gasteiger partial charge in [0.1, 0.15) is 0 Å². The average molecular weight is 245 g/mol. The van der Waals surface area contributed by atoms with E-state index < -0.39 is 0 Å². The van der Waals surface area contributed by atoms with Gasteiger partial charge >= 0.3 is 0 Å². The number of hydrogen-bond acceptors (Lipinski definition) is 2. The second-order valence-corrected chi connectivity index (χ2v) is 5.52. The van der Waals surface area contributed by atoms with Crippen LogP contribution >= 0.6 is 0 Å². The van der Waals surface area contributed by atoms with Crippen LogP contribution in [-0.2, 0) is 11.2 Å². The van der Waals surface area contributed by atoms with Gasteiger partial charge in [-0.2, -0.15) is 0 Å². The molecule has 0 bridgehead atoms. The molecular weight excluding hydrogens is 222 g/mol. The highest BCUT2D eigenvalue weighted by atomic mass is 16.5. The fourth-order valence-corrected chi connectivity index (χ4v) is 3.28. The zero-order valence-corrected chi connectivity index (χ0v) is 11.0. The molecule has 2 aliphatic carbocycles. The number of fused-ring (bicyclic) bond motifs is 1. The minimum Gasteiger partial charge on any atom is -0.377 e. The van der Waals surface area contributed by atoms with Gasteiger partial charge in [-0.1, -0.05) is 37.1 Å². The molecule has 1 unspecified atom stereocenters. The standard InChI is InChI=1S/C16H23NO/c1-4-8-15-13(5-1)9-10-16(15)17-11-12-18-14-6-2-3-7-14/h1,4-5,8,14,16-17H,2-3,6-7,9-12H2. The molecular formula is C16H23NO. The molecule has 18 heavy (non-hydrogen) atoms. The molecule has 98 valence electrons. The fourth-order valence-electron chi connectivity index (χ4n) is 3.28. The number of benzene rings is 1. The molecule has 1 aromatic carbocycles. The third-order valence-electron chi connectivity index (χ3n) is 4.28. The molecule has 2 nitrogen and oxygen atoms in total. The van der Waals surface area contributed by atoms with E-state index in [2.05, 4.69) is 29.6 Å². The Morgan fingerprint density at radius 3 is 2.83 bits per heavy atom. The summed E-state index contributed by atoms with van der Waals surface area (Å²) in [5, 5.41) is 3.64. The quantitative estimate of drug-likeness (QED) is 0.804. The van der Waals surface area contributed by atoms with Gasteiger partial charge in [-0.15, -0.1) is 0 Å². The van der Waals surface area contributed by atoms with Crippen molar-refractivity contribution in [3.05, 3.63) is 35.4 Å². The molecule has 0 radical (unpaired) electrons. The van der Waals surface area contributed by atoms with Crippen molar-refractivity contribution in [2.24, 2.45) is 0 Å². The Bertz CT molecular complexity index is 384. The molecule has 1 saturated carbocycles. The average Bonchev–Trinajstić information content (AvgIpc) is 3.04. The lowest BCUT2D eigenvalue weighted by Crippen LogP contribution is -2.25. The van der Waals surface area contributed by atoms with Crippen molar-refractivity contribution >= 4 is 0 Å². The van der Waals surface area contributed by atoms with Crippen LogP contribution in [0.15, 0.2) is 24.3 Å². The Morgan fingerprint density at radius 1 is 1.11 bits per heavy atom. The first-order valence-electron chi connectivity index (χ1n) is 7.36. The largest absolute Gasteiger partial charge is 0.377 e. The number of rotatable bonds is 5. The molecule has 1 aromatic rings. The van der Waals surface area contributed by atoms with Crippen LogP contribution in [0.1, 0.15) is 49.3 Å². The zero-order valence-electron chi connectivity index (χ0n) is 11.0. The Kier molecular flexibility index (Phi) is 3.96. The summed E-state index contributed by atoms with van der Waals surface area (Å²) in [7, 11) is 0. The number of aryl methyl sites for hydroxylation is 1. The van der Waals surface area contributed by atoms with Crippen molar-refractivity contribution in [2.75, 3.05) is 13.2 Å². The van der Waals surface area contributed by atoms with Crippen LogP contribution in [0.25, 0.3) is 0 Å². The molecule has 1 atom stereocenters. The Labute approximate surface area is 110 Å². The third kappa shape index (κ3) is 2.76. The van der Waals surface area contributed by atoms with Gasteiger partial charge in [-0.3, -0.25) is 0 Å². The summed E-state index contributed by atoms with van der Waals surface area (Å²) in [5.74, 6) is 0. The van der Waals surface area contributed by atoms with Crippen LogP contribution in [0.5, 0.6) is 0 Å². The molecule has 0 heterocycles.